The fraction of sp³-hybridized carbons (Fsp3) is 0.636. The Morgan fingerprint density at radius 2 is 2.39 bits per heavy atom. The molecular formula is C11H15F2N3O2. The van der Waals surface area contributed by atoms with Crippen molar-refractivity contribution in [1.82, 2.24) is 14.5 Å². The molecule has 1 saturated heterocycles. The van der Waals surface area contributed by atoms with Gasteiger partial charge in [-0.3, -0.25) is 14.3 Å². The van der Waals surface area contributed by atoms with Gasteiger partial charge in [-0.2, -0.15) is 8.78 Å². The first-order chi connectivity index (χ1) is 8.49. The summed E-state index contributed by atoms with van der Waals surface area (Å²) in [5.74, 6) is -0.0694. The van der Waals surface area contributed by atoms with Gasteiger partial charge in [0.05, 0.1) is 6.54 Å². The molecule has 1 aromatic rings. The summed E-state index contributed by atoms with van der Waals surface area (Å²) in [6, 6.07) is -0.386. The fourth-order valence-electron chi connectivity index (χ4n) is 2.07. The zero-order valence-electron chi connectivity index (χ0n) is 10.2. The lowest BCUT2D eigenvalue weighted by molar-refractivity contribution is -0.144. The number of hydrogen-bond donors (Lipinski definition) is 0. The molecule has 0 unspecified atom stereocenters. The van der Waals surface area contributed by atoms with Crippen molar-refractivity contribution >= 4 is 5.97 Å². The SMILES string of the molecule is C[C@@H]1C[C@@H](N(C)Cc2nccn2C(F)F)C(=O)O1. The summed E-state index contributed by atoms with van der Waals surface area (Å²) in [6.07, 6.45) is 3.00. The maximum absolute atomic E-state index is 12.6. The lowest BCUT2D eigenvalue weighted by Gasteiger charge is -2.20. The number of nitrogens with zero attached hydrogens (tertiary/aromatic N) is 3. The van der Waals surface area contributed by atoms with Gasteiger partial charge < -0.3 is 4.74 Å². The number of esters is 1. The third kappa shape index (κ3) is 2.50. The van der Waals surface area contributed by atoms with E-state index in [4.69, 9.17) is 4.74 Å². The molecule has 2 rings (SSSR count). The van der Waals surface area contributed by atoms with E-state index in [2.05, 4.69) is 4.98 Å². The largest absolute Gasteiger partial charge is 0.461 e. The van der Waals surface area contributed by atoms with Crippen LogP contribution in [0.25, 0.3) is 0 Å². The smallest absolute Gasteiger partial charge is 0.323 e. The predicted molar refractivity (Wildman–Crippen MR) is 58.9 cm³/mol. The molecule has 0 aromatic carbocycles. The van der Waals surface area contributed by atoms with Gasteiger partial charge in [-0.1, -0.05) is 0 Å². The number of imidazole rings is 1. The van der Waals surface area contributed by atoms with Crippen LogP contribution < -0.4 is 0 Å². The number of carbonyl (C=O) groups excluding carboxylic acids is 1. The van der Waals surface area contributed by atoms with E-state index in [1.807, 2.05) is 6.92 Å². The van der Waals surface area contributed by atoms with E-state index in [-0.39, 0.29) is 30.5 Å². The van der Waals surface area contributed by atoms with Crippen LogP contribution in [-0.4, -0.2) is 39.6 Å². The average Bonchev–Trinajstić information content (AvgIpc) is 2.85. The number of carbonyl (C=O) groups is 1. The van der Waals surface area contributed by atoms with E-state index in [1.165, 1.54) is 12.4 Å². The maximum Gasteiger partial charge on any atom is 0.323 e. The number of aromatic nitrogens is 2. The standard InChI is InChI=1S/C11H15F2N3O2/c1-7-5-8(10(17)18-7)15(2)6-9-14-3-4-16(9)11(12)13/h3-4,7-8,11H,5-6H2,1-2H3/t7-,8-/m1/s1. The molecule has 0 spiro atoms. The summed E-state index contributed by atoms with van der Waals surface area (Å²) in [5, 5.41) is 0. The second-order valence-corrected chi connectivity index (χ2v) is 4.44. The van der Waals surface area contributed by atoms with Crippen LogP contribution in [0.15, 0.2) is 12.4 Å². The highest BCUT2D eigenvalue weighted by atomic mass is 19.3. The molecule has 1 aliphatic rings. The topological polar surface area (TPSA) is 47.4 Å². The third-order valence-corrected chi connectivity index (χ3v) is 3.03. The summed E-state index contributed by atoms with van der Waals surface area (Å²) in [7, 11) is 1.70. The molecule has 100 valence electrons. The first kappa shape index (κ1) is 12.9. The van der Waals surface area contributed by atoms with Gasteiger partial charge in [-0.15, -0.1) is 0 Å². The van der Waals surface area contributed by atoms with Crippen LogP contribution in [-0.2, 0) is 16.1 Å². The minimum atomic E-state index is -2.62. The molecule has 0 aliphatic carbocycles. The quantitative estimate of drug-likeness (QED) is 0.767. The Morgan fingerprint density at radius 1 is 1.67 bits per heavy atom. The first-order valence-electron chi connectivity index (χ1n) is 5.69. The van der Waals surface area contributed by atoms with Crippen LogP contribution in [0.5, 0.6) is 0 Å². The van der Waals surface area contributed by atoms with E-state index >= 15 is 0 Å². The number of rotatable bonds is 4. The Kier molecular flexibility index (Phi) is 3.60. The minimum absolute atomic E-state index is 0.125. The summed E-state index contributed by atoms with van der Waals surface area (Å²) < 4.78 is 31.1. The van der Waals surface area contributed by atoms with Crippen molar-refractivity contribution in [3.05, 3.63) is 18.2 Å². The van der Waals surface area contributed by atoms with Gasteiger partial charge in [-0.05, 0) is 14.0 Å². The fourth-order valence-corrected chi connectivity index (χ4v) is 2.07. The molecule has 18 heavy (non-hydrogen) atoms. The van der Waals surface area contributed by atoms with Crippen molar-refractivity contribution < 1.29 is 18.3 Å². The Labute approximate surface area is 103 Å². The zero-order valence-corrected chi connectivity index (χ0v) is 10.2. The predicted octanol–water partition coefficient (Wildman–Crippen LogP) is 1.41. The molecule has 2 heterocycles. The number of hydrogen-bond acceptors (Lipinski definition) is 4. The van der Waals surface area contributed by atoms with Crippen molar-refractivity contribution in [2.45, 2.75) is 38.6 Å². The van der Waals surface area contributed by atoms with Gasteiger partial charge in [0, 0.05) is 18.8 Å². The number of cyclic esters (lactones) is 1. The summed E-state index contributed by atoms with van der Waals surface area (Å²) in [6.45, 7) is -0.624. The van der Waals surface area contributed by atoms with Crippen LogP contribution in [0.4, 0.5) is 8.78 Å². The molecule has 2 atom stereocenters. The van der Waals surface area contributed by atoms with Crippen LogP contribution in [0, 0.1) is 0 Å². The first-order valence-corrected chi connectivity index (χ1v) is 5.69. The molecule has 1 aromatic heterocycles. The molecule has 0 N–H and O–H groups in total. The molecule has 0 amide bonds. The highest BCUT2D eigenvalue weighted by molar-refractivity contribution is 5.77. The van der Waals surface area contributed by atoms with E-state index in [0.717, 1.165) is 4.57 Å². The molecule has 7 heteroatoms. The van der Waals surface area contributed by atoms with Crippen LogP contribution in [0.1, 0.15) is 25.7 Å². The lowest BCUT2D eigenvalue weighted by atomic mass is 10.1. The Morgan fingerprint density at radius 3 is 2.94 bits per heavy atom. The van der Waals surface area contributed by atoms with E-state index in [9.17, 15) is 13.6 Å². The Hall–Kier alpha value is -1.50. The Balaban J connectivity index is 2.05. The molecule has 5 nitrogen and oxygen atoms in total. The van der Waals surface area contributed by atoms with Gasteiger partial charge in [0.2, 0.25) is 0 Å². The molecule has 1 aliphatic heterocycles. The van der Waals surface area contributed by atoms with Crippen molar-refractivity contribution in [1.29, 1.82) is 0 Å². The molecule has 0 radical (unpaired) electrons. The summed E-state index contributed by atoms with van der Waals surface area (Å²) in [4.78, 5) is 17.1. The Bertz CT molecular complexity index is 436. The van der Waals surface area contributed by atoms with Gasteiger partial charge in [-0.25, -0.2) is 4.98 Å². The number of halogens is 2. The van der Waals surface area contributed by atoms with Gasteiger partial charge >= 0.3 is 12.5 Å². The van der Waals surface area contributed by atoms with Crippen molar-refractivity contribution in [3.63, 3.8) is 0 Å². The van der Waals surface area contributed by atoms with Crippen LogP contribution in [0.3, 0.4) is 0 Å². The van der Waals surface area contributed by atoms with E-state index in [1.54, 1.807) is 11.9 Å². The third-order valence-electron chi connectivity index (χ3n) is 3.03. The van der Waals surface area contributed by atoms with Gasteiger partial charge in [0.1, 0.15) is 18.0 Å². The second kappa shape index (κ2) is 5.01. The summed E-state index contributed by atoms with van der Waals surface area (Å²) >= 11 is 0. The van der Waals surface area contributed by atoms with Crippen LogP contribution in [0.2, 0.25) is 0 Å². The number of likely N-dealkylation sites (N-methyl/N-ethyl adjacent to an activating group) is 1. The van der Waals surface area contributed by atoms with Crippen molar-refractivity contribution in [2.24, 2.45) is 0 Å². The van der Waals surface area contributed by atoms with Gasteiger partial charge in [0.25, 0.3) is 0 Å². The second-order valence-electron chi connectivity index (χ2n) is 4.44. The van der Waals surface area contributed by atoms with Crippen LogP contribution >= 0.6 is 0 Å². The van der Waals surface area contributed by atoms with E-state index < -0.39 is 6.55 Å². The normalized spacial score (nSPS) is 24.0. The summed E-state index contributed by atoms with van der Waals surface area (Å²) in [5.41, 5.74) is 0. The van der Waals surface area contributed by atoms with E-state index in [0.29, 0.717) is 6.42 Å². The monoisotopic (exact) mass is 259 g/mol. The number of ether oxygens (including phenoxy) is 1. The zero-order chi connectivity index (χ0) is 13.3. The van der Waals surface area contributed by atoms with Crippen molar-refractivity contribution in [3.8, 4) is 0 Å². The van der Waals surface area contributed by atoms with Gasteiger partial charge in [0.15, 0.2) is 0 Å². The maximum atomic E-state index is 12.6. The number of alkyl halides is 2. The highest BCUT2D eigenvalue weighted by Crippen LogP contribution is 2.21. The minimum Gasteiger partial charge on any atom is -0.461 e. The molecule has 0 saturated carbocycles. The highest BCUT2D eigenvalue weighted by Gasteiger charge is 2.35. The van der Waals surface area contributed by atoms with Crippen molar-refractivity contribution in [2.75, 3.05) is 7.05 Å². The molecule has 0 bridgehead atoms. The average molecular weight is 259 g/mol. The molecular weight excluding hydrogens is 244 g/mol. The molecule has 1 fully saturated rings. The lowest BCUT2D eigenvalue weighted by Crippen LogP contribution is -2.35.